The molecule has 0 aliphatic heterocycles. The molecule has 0 fully saturated rings. The molecular formula is CH4CrFeMn. The number of hydrogen-bond donors (Lipinski definition) is 0. The zero-order chi connectivity index (χ0) is 0. The molecule has 0 N–H and O–H groups in total. The summed E-state index contributed by atoms with van der Waals surface area (Å²) >= 11 is 0. The topological polar surface area (TPSA) is 0 Å². The molecule has 0 unspecified atom stereocenters. The van der Waals surface area contributed by atoms with Gasteiger partial charge in [0.05, 0.1) is 0 Å². The Kier molecular flexibility index (Phi) is 278. The summed E-state index contributed by atoms with van der Waals surface area (Å²) in [5.41, 5.74) is 0. The first-order valence-electron chi connectivity index (χ1n) is 0. The molecule has 0 aliphatic rings. The third-order valence-electron chi connectivity index (χ3n) is 0. The minimum atomic E-state index is 0. The van der Waals surface area contributed by atoms with Crippen LogP contribution in [0.5, 0.6) is 0 Å². The molecule has 3 heteroatoms. The SMILES string of the molecule is C.[Cr].[Fe].[Mn]. The third-order valence-corrected chi connectivity index (χ3v) is 0. The molecule has 0 amide bonds. The van der Waals surface area contributed by atoms with E-state index in [0.717, 1.165) is 0 Å². The first kappa shape index (κ1) is 47.1. The monoisotopic (exact) mass is 179 g/mol. The van der Waals surface area contributed by atoms with Crippen LogP contribution in [0.25, 0.3) is 0 Å². The van der Waals surface area contributed by atoms with Crippen molar-refractivity contribution < 1.29 is 51.5 Å². The number of hydrogen-bond acceptors (Lipinski definition) is 0. The third kappa shape index (κ3) is 9.56. The van der Waals surface area contributed by atoms with E-state index in [1.807, 2.05) is 0 Å². The second-order valence-electron chi connectivity index (χ2n) is 0. The molecule has 0 saturated heterocycles. The van der Waals surface area contributed by atoms with E-state index in [0.29, 0.717) is 0 Å². The molecular weight excluding hydrogens is 175 g/mol. The normalized spacial score (nSPS) is 0. The van der Waals surface area contributed by atoms with E-state index in [-0.39, 0.29) is 58.9 Å². The molecule has 0 saturated carbocycles. The van der Waals surface area contributed by atoms with Gasteiger partial charge in [-0.1, -0.05) is 7.43 Å². The molecule has 29 valence electrons. The predicted molar refractivity (Wildman–Crippen MR) is 6.73 cm³/mol. The molecule has 0 aromatic rings. The maximum Gasteiger partial charge on any atom is 0 e. The van der Waals surface area contributed by atoms with Crippen LogP contribution in [0.2, 0.25) is 0 Å². The van der Waals surface area contributed by atoms with Crippen molar-refractivity contribution in [2.75, 3.05) is 0 Å². The van der Waals surface area contributed by atoms with Gasteiger partial charge in [0.15, 0.2) is 0 Å². The van der Waals surface area contributed by atoms with Crippen LogP contribution in [0.15, 0.2) is 0 Å². The van der Waals surface area contributed by atoms with Crippen molar-refractivity contribution in [3.05, 3.63) is 0 Å². The van der Waals surface area contributed by atoms with E-state index in [2.05, 4.69) is 0 Å². The molecule has 0 aromatic carbocycles. The van der Waals surface area contributed by atoms with Crippen molar-refractivity contribution in [2.45, 2.75) is 7.43 Å². The van der Waals surface area contributed by atoms with E-state index < -0.39 is 0 Å². The van der Waals surface area contributed by atoms with Gasteiger partial charge in [0, 0.05) is 51.5 Å². The van der Waals surface area contributed by atoms with Crippen molar-refractivity contribution in [1.82, 2.24) is 0 Å². The Bertz CT molecular complexity index is 8.00. The quantitative estimate of drug-likeness (QED) is 0.478. The van der Waals surface area contributed by atoms with E-state index >= 15 is 0 Å². The molecule has 0 atom stereocenters. The van der Waals surface area contributed by atoms with Gasteiger partial charge in [-0.05, 0) is 0 Å². The van der Waals surface area contributed by atoms with E-state index in [9.17, 15) is 0 Å². The van der Waals surface area contributed by atoms with Gasteiger partial charge in [0.25, 0.3) is 0 Å². The fraction of sp³-hybridized carbons (Fsp3) is 1.00. The Labute approximate surface area is 58.8 Å². The van der Waals surface area contributed by atoms with Gasteiger partial charge in [-0.25, -0.2) is 0 Å². The fourth-order valence-corrected chi connectivity index (χ4v) is 0. The Hall–Kier alpha value is 1.57. The molecule has 0 rings (SSSR count). The largest absolute Gasteiger partial charge is 0.0776 e. The summed E-state index contributed by atoms with van der Waals surface area (Å²) in [6, 6.07) is 0. The van der Waals surface area contributed by atoms with Crippen molar-refractivity contribution in [1.29, 1.82) is 0 Å². The maximum atomic E-state index is 0. The van der Waals surface area contributed by atoms with Gasteiger partial charge in [0.2, 0.25) is 0 Å². The van der Waals surface area contributed by atoms with Gasteiger partial charge in [-0.2, -0.15) is 0 Å². The van der Waals surface area contributed by atoms with Crippen molar-refractivity contribution in [3.63, 3.8) is 0 Å². The molecule has 0 heterocycles. The maximum absolute atomic E-state index is 0. The smallest absolute Gasteiger partial charge is 0 e. The summed E-state index contributed by atoms with van der Waals surface area (Å²) < 4.78 is 0. The molecule has 1 radical (unpaired) electrons. The Morgan fingerprint density at radius 1 is 1.00 bits per heavy atom. The van der Waals surface area contributed by atoms with Gasteiger partial charge in [-0.15, -0.1) is 0 Å². The van der Waals surface area contributed by atoms with Crippen LogP contribution >= 0.6 is 0 Å². The zero-order valence-corrected chi connectivity index (χ0v) is 4.70. The van der Waals surface area contributed by atoms with Crippen LogP contribution in [0.1, 0.15) is 7.43 Å². The summed E-state index contributed by atoms with van der Waals surface area (Å²) in [6.07, 6.45) is 0. The Morgan fingerprint density at radius 3 is 1.00 bits per heavy atom. The average Bonchev–Trinajstić information content (AvgIpc) is 0. The fourth-order valence-electron chi connectivity index (χ4n) is 0. The van der Waals surface area contributed by atoms with Crippen LogP contribution in [0, 0.1) is 0 Å². The van der Waals surface area contributed by atoms with Gasteiger partial charge >= 0.3 is 0 Å². The van der Waals surface area contributed by atoms with Crippen molar-refractivity contribution in [3.8, 4) is 0 Å². The minimum absolute atomic E-state index is 0. The van der Waals surface area contributed by atoms with E-state index in [1.165, 1.54) is 0 Å². The van der Waals surface area contributed by atoms with Crippen LogP contribution in [0.3, 0.4) is 0 Å². The first-order chi connectivity index (χ1) is 0. The van der Waals surface area contributed by atoms with Crippen LogP contribution < -0.4 is 0 Å². The van der Waals surface area contributed by atoms with E-state index in [4.69, 9.17) is 0 Å². The molecule has 0 spiro atoms. The zero-order valence-electron chi connectivity index (χ0n) is 1.14. The Morgan fingerprint density at radius 2 is 1.00 bits per heavy atom. The number of rotatable bonds is 0. The van der Waals surface area contributed by atoms with Crippen LogP contribution in [0.4, 0.5) is 0 Å². The predicted octanol–water partition coefficient (Wildman–Crippen LogP) is 0.629. The molecule has 4 heavy (non-hydrogen) atoms. The first-order valence-corrected chi connectivity index (χ1v) is 0. The minimum Gasteiger partial charge on any atom is -0.0776 e. The second kappa shape index (κ2) is 23.6. The summed E-state index contributed by atoms with van der Waals surface area (Å²) in [4.78, 5) is 0. The Balaban J connectivity index is 0. The van der Waals surface area contributed by atoms with Gasteiger partial charge in [0.1, 0.15) is 0 Å². The van der Waals surface area contributed by atoms with E-state index in [1.54, 1.807) is 0 Å². The summed E-state index contributed by atoms with van der Waals surface area (Å²) in [7, 11) is 0. The molecule has 0 nitrogen and oxygen atoms in total. The average molecular weight is 179 g/mol. The molecule has 0 aliphatic carbocycles. The molecule has 0 bridgehead atoms. The summed E-state index contributed by atoms with van der Waals surface area (Å²) in [5.74, 6) is 0. The van der Waals surface area contributed by atoms with Crippen molar-refractivity contribution in [2.24, 2.45) is 0 Å². The van der Waals surface area contributed by atoms with Crippen LogP contribution in [-0.4, -0.2) is 0 Å². The molecule has 0 aromatic heterocycles. The van der Waals surface area contributed by atoms with Crippen molar-refractivity contribution >= 4 is 0 Å². The summed E-state index contributed by atoms with van der Waals surface area (Å²) in [6.45, 7) is 0. The second-order valence-corrected chi connectivity index (χ2v) is 0. The van der Waals surface area contributed by atoms with Gasteiger partial charge < -0.3 is 0 Å². The summed E-state index contributed by atoms with van der Waals surface area (Å²) in [5, 5.41) is 0. The standard InChI is InChI=1S/CH4.Cr.Fe.Mn/h1H4;;;. The van der Waals surface area contributed by atoms with Crippen LogP contribution in [-0.2, 0) is 51.5 Å². The van der Waals surface area contributed by atoms with Gasteiger partial charge in [-0.3, -0.25) is 0 Å².